The molecule has 0 radical (unpaired) electrons. The molecule has 32 heavy (non-hydrogen) atoms. The van der Waals surface area contributed by atoms with Crippen LogP contribution in [0.3, 0.4) is 0 Å². The van der Waals surface area contributed by atoms with E-state index in [0.717, 1.165) is 11.0 Å². The van der Waals surface area contributed by atoms with E-state index in [0.29, 0.717) is 0 Å². The van der Waals surface area contributed by atoms with E-state index in [1.165, 1.54) is 54.6 Å². The lowest BCUT2D eigenvalue weighted by Crippen LogP contribution is -2.29. The molecule has 1 aliphatic heterocycles. The van der Waals surface area contributed by atoms with Crippen LogP contribution < -0.4 is 10.2 Å². The van der Waals surface area contributed by atoms with E-state index in [1.807, 2.05) is 0 Å². The maximum absolute atomic E-state index is 12.9. The fourth-order valence-electron chi connectivity index (χ4n) is 3.41. The van der Waals surface area contributed by atoms with Crippen molar-refractivity contribution in [2.75, 3.05) is 10.2 Å². The Morgan fingerprint density at radius 3 is 2.38 bits per heavy atom. The van der Waals surface area contributed by atoms with Gasteiger partial charge < -0.3 is 10.4 Å². The highest BCUT2D eigenvalue weighted by atomic mass is 16.6. The van der Waals surface area contributed by atoms with Crippen molar-refractivity contribution in [3.05, 3.63) is 99.1 Å². The summed E-state index contributed by atoms with van der Waals surface area (Å²) < 4.78 is 0. The zero-order chi connectivity index (χ0) is 23.0. The lowest BCUT2D eigenvalue weighted by molar-refractivity contribution is -0.385. The Balaban J connectivity index is 1.67. The van der Waals surface area contributed by atoms with Gasteiger partial charge in [-0.1, -0.05) is 24.3 Å². The average molecular weight is 431 g/mol. The summed E-state index contributed by atoms with van der Waals surface area (Å²) in [6.07, 6.45) is 0. The lowest BCUT2D eigenvalue weighted by Gasteiger charge is -2.15. The third-order valence-corrected chi connectivity index (χ3v) is 4.86. The Morgan fingerprint density at radius 2 is 1.66 bits per heavy atom. The van der Waals surface area contributed by atoms with Gasteiger partial charge in [0.25, 0.3) is 23.4 Å². The Bertz CT molecular complexity index is 1330. The highest BCUT2D eigenvalue weighted by molar-refractivity contribution is 6.35. The summed E-state index contributed by atoms with van der Waals surface area (Å²) in [5.74, 6) is -3.50. The molecule has 0 saturated heterocycles. The van der Waals surface area contributed by atoms with Crippen molar-refractivity contribution in [2.45, 2.75) is 0 Å². The highest BCUT2D eigenvalue weighted by Crippen LogP contribution is 2.34. The van der Waals surface area contributed by atoms with E-state index in [-0.39, 0.29) is 33.6 Å². The number of nitrogens with one attached hydrogen (secondary N) is 1. The second-order valence-electron chi connectivity index (χ2n) is 6.76. The molecule has 0 atom stereocenters. The van der Waals surface area contributed by atoms with Gasteiger partial charge in [0.05, 0.1) is 27.4 Å². The number of imide groups is 1. The van der Waals surface area contributed by atoms with Crippen LogP contribution in [0.15, 0.2) is 66.7 Å². The first-order valence-corrected chi connectivity index (χ1v) is 9.19. The van der Waals surface area contributed by atoms with Gasteiger partial charge in [-0.25, -0.2) is 9.69 Å². The number of rotatable bonds is 5. The molecular formula is C22H13N3O7. The number of carboxylic acid groups (broad SMARTS) is 1. The van der Waals surface area contributed by atoms with Gasteiger partial charge >= 0.3 is 5.97 Å². The topological polar surface area (TPSA) is 147 Å². The minimum absolute atomic E-state index is 0.0460. The quantitative estimate of drug-likeness (QED) is 0.358. The van der Waals surface area contributed by atoms with E-state index in [2.05, 4.69) is 5.32 Å². The van der Waals surface area contributed by atoms with Gasteiger partial charge in [0.1, 0.15) is 5.56 Å². The van der Waals surface area contributed by atoms with Crippen LogP contribution in [-0.4, -0.2) is 33.7 Å². The molecule has 10 nitrogen and oxygen atoms in total. The van der Waals surface area contributed by atoms with Crippen LogP contribution in [0, 0.1) is 10.1 Å². The van der Waals surface area contributed by atoms with Crippen LogP contribution in [0.1, 0.15) is 41.4 Å². The Kier molecular flexibility index (Phi) is 4.95. The molecule has 0 bridgehead atoms. The fraction of sp³-hybridized carbons (Fsp3) is 0. The largest absolute Gasteiger partial charge is 0.478 e. The number of carbonyl (C=O) groups excluding carboxylic acids is 3. The number of carboxylic acids is 1. The van der Waals surface area contributed by atoms with Crippen LogP contribution in [0.4, 0.5) is 17.1 Å². The number of benzene rings is 3. The smallest absolute Gasteiger partial charge is 0.337 e. The third kappa shape index (κ3) is 3.35. The number of fused-ring (bicyclic) bond motifs is 1. The number of amides is 3. The van der Waals surface area contributed by atoms with Gasteiger partial charge in [-0.2, -0.15) is 0 Å². The minimum atomic E-state index is -1.22. The predicted molar refractivity (Wildman–Crippen MR) is 112 cm³/mol. The summed E-state index contributed by atoms with van der Waals surface area (Å²) in [6.45, 7) is 0. The summed E-state index contributed by atoms with van der Waals surface area (Å²) in [5, 5.41) is 23.0. The van der Waals surface area contributed by atoms with E-state index in [9.17, 15) is 34.4 Å². The molecule has 1 heterocycles. The molecule has 0 unspecified atom stereocenters. The van der Waals surface area contributed by atoms with E-state index >= 15 is 0 Å². The van der Waals surface area contributed by atoms with Crippen molar-refractivity contribution in [2.24, 2.45) is 0 Å². The van der Waals surface area contributed by atoms with Crippen molar-refractivity contribution >= 4 is 40.8 Å². The molecule has 1 aliphatic rings. The summed E-state index contributed by atoms with van der Waals surface area (Å²) in [4.78, 5) is 61.0. The molecule has 3 amide bonds. The van der Waals surface area contributed by atoms with Gasteiger partial charge in [-0.3, -0.25) is 24.5 Å². The fourth-order valence-corrected chi connectivity index (χ4v) is 3.41. The molecule has 3 aromatic rings. The normalized spacial score (nSPS) is 12.4. The molecule has 0 aliphatic carbocycles. The second kappa shape index (κ2) is 7.76. The SMILES string of the molecule is O=C(Nc1ccccc1C(=O)O)c1cccc(N2C(=O)c3cccc([N+](=O)[O-])c3C2=O)c1. The van der Waals surface area contributed by atoms with Crippen molar-refractivity contribution in [1.29, 1.82) is 0 Å². The van der Waals surface area contributed by atoms with E-state index in [1.54, 1.807) is 6.07 Å². The van der Waals surface area contributed by atoms with Crippen molar-refractivity contribution in [3.63, 3.8) is 0 Å². The van der Waals surface area contributed by atoms with Crippen LogP contribution in [-0.2, 0) is 0 Å². The molecule has 0 saturated carbocycles. The van der Waals surface area contributed by atoms with Gasteiger partial charge in [-0.05, 0) is 36.4 Å². The summed E-state index contributed by atoms with van der Waals surface area (Å²) in [7, 11) is 0. The highest BCUT2D eigenvalue weighted by Gasteiger charge is 2.41. The van der Waals surface area contributed by atoms with Crippen molar-refractivity contribution < 1.29 is 29.2 Å². The molecule has 0 fully saturated rings. The number of para-hydroxylation sites is 1. The first-order chi connectivity index (χ1) is 15.3. The summed E-state index contributed by atoms with van der Waals surface area (Å²) in [5.41, 5.74) is -0.834. The zero-order valence-electron chi connectivity index (χ0n) is 16.1. The lowest BCUT2D eigenvalue weighted by atomic mass is 10.1. The molecule has 0 aromatic heterocycles. The third-order valence-electron chi connectivity index (χ3n) is 4.86. The van der Waals surface area contributed by atoms with Gasteiger partial charge in [0, 0.05) is 11.6 Å². The molecule has 158 valence electrons. The average Bonchev–Trinajstić information content (AvgIpc) is 3.04. The van der Waals surface area contributed by atoms with Crippen LogP contribution in [0.5, 0.6) is 0 Å². The first kappa shape index (κ1) is 20.4. The number of hydrogen-bond donors (Lipinski definition) is 2. The number of aromatic carboxylic acids is 1. The molecule has 10 heteroatoms. The summed E-state index contributed by atoms with van der Waals surface area (Å²) in [6, 6.07) is 15.1. The molecular weight excluding hydrogens is 418 g/mol. The number of hydrogen-bond acceptors (Lipinski definition) is 6. The predicted octanol–water partition coefficient (Wildman–Crippen LogP) is 3.35. The maximum atomic E-state index is 12.9. The standard InChI is InChI=1S/C22H13N3O7/c26-19(23-16-9-2-1-7-14(16)22(29)30)12-5-3-6-13(11-12)24-20(27)15-8-4-10-17(25(31)32)18(15)21(24)28/h1-11H,(H,23,26)(H,29,30). The van der Waals surface area contributed by atoms with Gasteiger partial charge in [-0.15, -0.1) is 0 Å². The Hall–Kier alpha value is -4.86. The number of carbonyl (C=O) groups is 4. The van der Waals surface area contributed by atoms with Crippen LogP contribution in [0.2, 0.25) is 0 Å². The molecule has 0 spiro atoms. The van der Waals surface area contributed by atoms with Crippen molar-refractivity contribution in [1.82, 2.24) is 0 Å². The molecule has 4 rings (SSSR count). The molecule has 3 aromatic carbocycles. The van der Waals surface area contributed by atoms with E-state index < -0.39 is 34.3 Å². The number of nitro groups is 1. The van der Waals surface area contributed by atoms with Gasteiger partial charge in [0.2, 0.25) is 0 Å². The van der Waals surface area contributed by atoms with Crippen molar-refractivity contribution in [3.8, 4) is 0 Å². The van der Waals surface area contributed by atoms with Crippen LogP contribution >= 0.6 is 0 Å². The first-order valence-electron chi connectivity index (χ1n) is 9.19. The second-order valence-corrected chi connectivity index (χ2v) is 6.76. The van der Waals surface area contributed by atoms with E-state index in [4.69, 9.17) is 0 Å². The summed E-state index contributed by atoms with van der Waals surface area (Å²) >= 11 is 0. The molecule has 2 N–H and O–H groups in total. The number of anilines is 2. The van der Waals surface area contributed by atoms with Gasteiger partial charge in [0.15, 0.2) is 0 Å². The number of nitrogens with zero attached hydrogens (tertiary/aromatic N) is 2. The zero-order valence-corrected chi connectivity index (χ0v) is 16.1. The Morgan fingerprint density at radius 1 is 0.938 bits per heavy atom. The monoisotopic (exact) mass is 431 g/mol. The minimum Gasteiger partial charge on any atom is -0.478 e. The Labute approximate surface area is 179 Å². The maximum Gasteiger partial charge on any atom is 0.337 e. The van der Waals surface area contributed by atoms with Crippen LogP contribution in [0.25, 0.3) is 0 Å². The number of nitro benzene ring substituents is 1.